The molecule has 0 radical (unpaired) electrons. The van der Waals surface area contributed by atoms with Crippen LogP contribution >= 0.6 is 0 Å². The van der Waals surface area contributed by atoms with Gasteiger partial charge in [-0.05, 0) is 38.8 Å². The molecule has 8 heteroatoms. The van der Waals surface area contributed by atoms with E-state index in [2.05, 4.69) is 10.1 Å². The van der Waals surface area contributed by atoms with Crippen LogP contribution in [0.15, 0.2) is 22.9 Å². The van der Waals surface area contributed by atoms with Gasteiger partial charge in [0.2, 0.25) is 5.91 Å². The number of piperidine rings is 1. The molecule has 3 aliphatic heterocycles. The molecule has 0 saturated carbocycles. The zero-order valence-electron chi connectivity index (χ0n) is 15.9. The standard InChI is InChI=1S/C20H21N5O3/c1-12-18(13(2)28-23-12)11-25-17-6-4-15(20(25)27)9-24(10-17)19(26)14-3-5-16(7-21)22-8-14/h3,5,8,15,17H,4,6,9-11H2,1-2H3/t15-,17+/m1/s1. The van der Waals surface area contributed by atoms with Gasteiger partial charge < -0.3 is 14.3 Å². The van der Waals surface area contributed by atoms with E-state index in [-0.39, 0.29) is 29.5 Å². The van der Waals surface area contributed by atoms with Gasteiger partial charge in [-0.15, -0.1) is 0 Å². The van der Waals surface area contributed by atoms with Gasteiger partial charge in [-0.25, -0.2) is 4.98 Å². The van der Waals surface area contributed by atoms with Crippen LogP contribution in [0.5, 0.6) is 0 Å². The van der Waals surface area contributed by atoms with E-state index in [1.807, 2.05) is 24.8 Å². The Morgan fingerprint density at radius 2 is 2.14 bits per heavy atom. The maximum atomic E-state index is 13.0. The summed E-state index contributed by atoms with van der Waals surface area (Å²) in [5.74, 6) is 0.460. The van der Waals surface area contributed by atoms with Gasteiger partial charge in [-0.3, -0.25) is 9.59 Å². The van der Waals surface area contributed by atoms with Crippen molar-refractivity contribution < 1.29 is 14.1 Å². The third-order valence-corrected chi connectivity index (χ3v) is 5.72. The average molecular weight is 379 g/mol. The highest BCUT2D eigenvalue weighted by Crippen LogP contribution is 2.32. The summed E-state index contributed by atoms with van der Waals surface area (Å²) in [6, 6.07) is 5.07. The number of nitriles is 1. The second-order valence-corrected chi connectivity index (χ2v) is 7.45. The van der Waals surface area contributed by atoms with Gasteiger partial charge in [-0.2, -0.15) is 5.26 Å². The molecule has 0 aliphatic carbocycles. The summed E-state index contributed by atoms with van der Waals surface area (Å²) in [5.41, 5.74) is 2.44. The Hall–Kier alpha value is -3.21. The van der Waals surface area contributed by atoms with Crippen molar-refractivity contribution in [3.05, 3.63) is 46.6 Å². The third kappa shape index (κ3) is 3.13. The van der Waals surface area contributed by atoms with Crippen molar-refractivity contribution >= 4 is 11.8 Å². The van der Waals surface area contributed by atoms with Crippen LogP contribution in [0.2, 0.25) is 0 Å². The molecule has 3 aliphatic rings. The molecule has 3 fully saturated rings. The molecule has 8 nitrogen and oxygen atoms in total. The second-order valence-electron chi connectivity index (χ2n) is 7.45. The van der Waals surface area contributed by atoms with Gasteiger partial charge in [0, 0.05) is 30.9 Å². The molecule has 3 saturated heterocycles. The lowest BCUT2D eigenvalue weighted by atomic mass is 9.93. The quantitative estimate of drug-likeness (QED) is 0.806. The molecule has 2 amide bonds. The SMILES string of the molecule is Cc1noc(C)c1CN1C(=O)[C@@H]2CC[C@H]1CN(C(=O)c1ccc(C#N)nc1)C2. The van der Waals surface area contributed by atoms with Gasteiger partial charge in [-0.1, -0.05) is 5.16 Å². The highest BCUT2D eigenvalue weighted by atomic mass is 16.5. The van der Waals surface area contributed by atoms with E-state index in [0.29, 0.717) is 25.2 Å². The lowest BCUT2D eigenvalue weighted by molar-refractivity contribution is -0.140. The molecule has 5 rings (SSSR count). The van der Waals surface area contributed by atoms with Gasteiger partial charge in [0.15, 0.2) is 0 Å². The number of hydrogen-bond donors (Lipinski definition) is 0. The van der Waals surface area contributed by atoms with Gasteiger partial charge >= 0.3 is 0 Å². The van der Waals surface area contributed by atoms with Crippen LogP contribution in [0.4, 0.5) is 0 Å². The molecule has 0 spiro atoms. The van der Waals surface area contributed by atoms with Crippen molar-refractivity contribution in [2.75, 3.05) is 13.1 Å². The molecule has 2 bridgehead atoms. The molecule has 0 aromatic carbocycles. The first-order valence-corrected chi connectivity index (χ1v) is 9.35. The van der Waals surface area contributed by atoms with Crippen molar-refractivity contribution in [2.45, 2.75) is 39.3 Å². The van der Waals surface area contributed by atoms with Crippen LogP contribution in [0.3, 0.4) is 0 Å². The Bertz CT molecular complexity index is 940. The van der Waals surface area contributed by atoms with Crippen LogP contribution in [0, 0.1) is 31.1 Å². The fraction of sp³-hybridized carbons (Fsp3) is 0.450. The van der Waals surface area contributed by atoms with E-state index >= 15 is 0 Å². The summed E-state index contributed by atoms with van der Waals surface area (Å²) >= 11 is 0. The summed E-state index contributed by atoms with van der Waals surface area (Å²) < 4.78 is 5.24. The highest BCUT2D eigenvalue weighted by molar-refractivity contribution is 5.94. The minimum absolute atomic E-state index is 0.0322. The van der Waals surface area contributed by atoms with Crippen LogP contribution in [0.1, 0.15) is 45.9 Å². The molecule has 2 atom stereocenters. The first kappa shape index (κ1) is 18.2. The molecule has 28 heavy (non-hydrogen) atoms. The zero-order valence-corrected chi connectivity index (χ0v) is 15.9. The summed E-state index contributed by atoms with van der Waals surface area (Å²) in [7, 11) is 0. The van der Waals surface area contributed by atoms with Gasteiger partial charge in [0.1, 0.15) is 17.5 Å². The van der Waals surface area contributed by atoms with E-state index in [1.165, 1.54) is 12.3 Å². The Labute approximate surface area is 162 Å². The summed E-state index contributed by atoms with van der Waals surface area (Å²) in [4.78, 5) is 33.6. The number of nitrogens with zero attached hydrogens (tertiary/aromatic N) is 5. The Kier molecular flexibility index (Phi) is 4.59. The number of fused-ring (bicyclic) bond motifs is 4. The third-order valence-electron chi connectivity index (χ3n) is 5.72. The molecule has 144 valence electrons. The maximum absolute atomic E-state index is 13.0. The second kappa shape index (κ2) is 7.08. The number of amides is 2. The number of carbonyl (C=O) groups is 2. The Morgan fingerprint density at radius 1 is 1.32 bits per heavy atom. The predicted octanol–water partition coefficient (Wildman–Crippen LogP) is 1.82. The molecule has 2 aromatic heterocycles. The monoisotopic (exact) mass is 379 g/mol. The smallest absolute Gasteiger partial charge is 0.255 e. The zero-order chi connectivity index (χ0) is 19.8. The van der Waals surface area contributed by atoms with E-state index in [1.54, 1.807) is 11.0 Å². The lowest BCUT2D eigenvalue weighted by Gasteiger charge is -2.35. The molecule has 5 heterocycles. The fourth-order valence-electron chi connectivity index (χ4n) is 4.08. The minimum Gasteiger partial charge on any atom is -0.361 e. The van der Waals surface area contributed by atoms with Gasteiger partial charge in [0.05, 0.1) is 23.7 Å². The van der Waals surface area contributed by atoms with Crippen LogP contribution in [-0.4, -0.2) is 50.9 Å². The molecule has 0 N–H and O–H groups in total. The van der Waals surface area contributed by atoms with Crippen LogP contribution < -0.4 is 0 Å². The first-order valence-electron chi connectivity index (χ1n) is 9.35. The van der Waals surface area contributed by atoms with Crippen LogP contribution in [-0.2, 0) is 11.3 Å². The fourth-order valence-corrected chi connectivity index (χ4v) is 4.08. The summed E-state index contributed by atoms with van der Waals surface area (Å²) in [5, 5.41) is 12.9. The molecular formula is C20H21N5O3. The van der Waals surface area contributed by atoms with Crippen molar-refractivity contribution in [1.82, 2.24) is 19.9 Å². The molecule has 2 aromatic rings. The number of rotatable bonds is 3. The maximum Gasteiger partial charge on any atom is 0.255 e. The first-order chi connectivity index (χ1) is 13.5. The largest absolute Gasteiger partial charge is 0.361 e. The molecule has 0 unspecified atom stereocenters. The Morgan fingerprint density at radius 3 is 2.79 bits per heavy atom. The normalized spacial score (nSPS) is 21.5. The van der Waals surface area contributed by atoms with Crippen molar-refractivity contribution in [1.29, 1.82) is 5.26 Å². The number of pyridine rings is 1. The van der Waals surface area contributed by atoms with Crippen molar-refractivity contribution in [2.24, 2.45) is 5.92 Å². The number of hydrogen-bond acceptors (Lipinski definition) is 6. The van der Waals surface area contributed by atoms with E-state index in [4.69, 9.17) is 9.78 Å². The van der Waals surface area contributed by atoms with Crippen molar-refractivity contribution in [3.8, 4) is 6.07 Å². The topological polar surface area (TPSA) is 103 Å². The summed E-state index contributed by atoms with van der Waals surface area (Å²) in [6.07, 6.45) is 3.09. The van der Waals surface area contributed by atoms with Crippen molar-refractivity contribution in [3.63, 3.8) is 0 Å². The number of aromatic nitrogens is 2. The highest BCUT2D eigenvalue weighted by Gasteiger charge is 2.42. The minimum atomic E-state index is -0.200. The molecular weight excluding hydrogens is 358 g/mol. The number of carbonyl (C=O) groups excluding carboxylic acids is 2. The Balaban J connectivity index is 1.56. The van der Waals surface area contributed by atoms with Crippen LogP contribution in [0.25, 0.3) is 0 Å². The predicted molar refractivity (Wildman–Crippen MR) is 97.9 cm³/mol. The van der Waals surface area contributed by atoms with E-state index < -0.39 is 0 Å². The van der Waals surface area contributed by atoms with E-state index in [0.717, 1.165) is 29.9 Å². The van der Waals surface area contributed by atoms with Gasteiger partial charge in [0.25, 0.3) is 5.91 Å². The summed E-state index contributed by atoms with van der Waals surface area (Å²) in [6.45, 7) is 5.09. The average Bonchev–Trinajstić information content (AvgIpc) is 2.88. The van der Waals surface area contributed by atoms with E-state index in [9.17, 15) is 9.59 Å². The number of aryl methyl sites for hydroxylation is 2. The lowest BCUT2D eigenvalue weighted by Crippen LogP contribution is -2.47.